The van der Waals surface area contributed by atoms with Gasteiger partial charge in [0.05, 0.1) is 19.3 Å². The summed E-state index contributed by atoms with van der Waals surface area (Å²) < 4.78 is 7.41. The number of aromatic nitrogens is 2. The van der Waals surface area contributed by atoms with E-state index in [0.717, 1.165) is 34.6 Å². The second-order valence-electron chi connectivity index (χ2n) is 10.7. The van der Waals surface area contributed by atoms with Gasteiger partial charge in [-0.05, 0) is 56.8 Å². The smallest absolute Gasteiger partial charge is 0.268 e. The van der Waals surface area contributed by atoms with Crippen molar-refractivity contribution in [1.82, 2.24) is 20.2 Å². The van der Waals surface area contributed by atoms with Crippen LogP contribution in [0.15, 0.2) is 40.0 Å². The molecule has 0 spiro atoms. The van der Waals surface area contributed by atoms with Crippen molar-refractivity contribution in [1.29, 1.82) is 0 Å². The fraction of sp³-hybridized carbons (Fsp3) is 0.517. The Morgan fingerprint density at radius 1 is 1.16 bits per heavy atom. The first-order chi connectivity index (χ1) is 17.9. The molecule has 1 amide bonds. The van der Waals surface area contributed by atoms with Crippen LogP contribution in [-0.2, 0) is 18.3 Å². The monoisotopic (exact) mass is 522 g/mol. The first-order valence-corrected chi connectivity index (χ1v) is 14.6. The molecule has 1 aliphatic carbocycles. The van der Waals surface area contributed by atoms with Crippen molar-refractivity contribution in [3.8, 4) is 0 Å². The molecule has 3 heterocycles. The lowest BCUT2D eigenvalue weighted by Gasteiger charge is -2.37. The number of hydrogen-bond donors (Lipinski definition) is 3. The highest BCUT2D eigenvalue weighted by Crippen LogP contribution is 2.40. The van der Waals surface area contributed by atoms with Gasteiger partial charge in [0.25, 0.3) is 11.5 Å². The number of carbonyl (C=O) groups excluding carboxylic acids is 1. The largest absolute Gasteiger partial charge is 0.378 e. The number of pyridine rings is 1. The minimum Gasteiger partial charge on any atom is -0.378 e. The molecule has 2 fully saturated rings. The lowest BCUT2D eigenvalue weighted by atomic mass is 9.77. The lowest BCUT2D eigenvalue weighted by Crippen LogP contribution is -2.51. The van der Waals surface area contributed by atoms with Crippen molar-refractivity contribution in [2.75, 3.05) is 19.5 Å². The molecule has 1 saturated carbocycles. The molecule has 1 atom stereocenters. The Hall–Kier alpha value is -2.55. The molecule has 1 aromatic carbocycles. The van der Waals surface area contributed by atoms with Crippen LogP contribution in [0.3, 0.4) is 0 Å². The van der Waals surface area contributed by atoms with Crippen LogP contribution in [0.25, 0.3) is 10.8 Å². The third kappa shape index (κ3) is 5.24. The molecule has 1 saturated heterocycles. The number of aromatic amines is 1. The molecule has 5 rings (SSSR count). The summed E-state index contributed by atoms with van der Waals surface area (Å²) >= 11 is 1.52. The maximum absolute atomic E-state index is 13.6. The van der Waals surface area contributed by atoms with Crippen LogP contribution in [0.5, 0.6) is 0 Å². The standard InChI is InChI=1S/C29H38N4O3S/c1-17-13-25(37-4)24(28(34)31-17)14-30-29(35)27-23-8-6-5-7-22(23)26(33(27)3)18(2)19-9-11-20(12-10-19)32-21-15-36-16-21/h5-8,13,18-21,32H,9-12,14-16H2,1-4H3,(H,30,35)(H,31,34)/t18-,19?,20?/m1/s1. The third-order valence-electron chi connectivity index (χ3n) is 8.27. The Kier molecular flexibility index (Phi) is 7.79. The van der Waals surface area contributed by atoms with Crippen molar-refractivity contribution in [2.24, 2.45) is 13.0 Å². The number of H-pyrrole nitrogens is 1. The predicted octanol–water partition coefficient (Wildman–Crippen LogP) is 4.48. The van der Waals surface area contributed by atoms with Gasteiger partial charge in [0.15, 0.2) is 0 Å². The number of fused-ring (bicyclic) bond motifs is 1. The van der Waals surface area contributed by atoms with E-state index < -0.39 is 0 Å². The van der Waals surface area contributed by atoms with E-state index in [0.29, 0.717) is 35.2 Å². The van der Waals surface area contributed by atoms with Crippen LogP contribution in [0.2, 0.25) is 0 Å². The van der Waals surface area contributed by atoms with Crippen molar-refractivity contribution in [3.63, 3.8) is 0 Å². The van der Waals surface area contributed by atoms with Gasteiger partial charge in [-0.1, -0.05) is 31.2 Å². The topological polar surface area (TPSA) is 88.2 Å². The summed E-state index contributed by atoms with van der Waals surface area (Å²) in [7, 11) is 2.01. The van der Waals surface area contributed by atoms with Gasteiger partial charge in [-0.25, -0.2) is 0 Å². The average molecular weight is 523 g/mol. The number of rotatable bonds is 8. The van der Waals surface area contributed by atoms with E-state index in [2.05, 4.69) is 39.2 Å². The van der Waals surface area contributed by atoms with Gasteiger partial charge in [-0.15, -0.1) is 11.8 Å². The van der Waals surface area contributed by atoms with Crippen LogP contribution in [0, 0.1) is 12.8 Å². The van der Waals surface area contributed by atoms with Gasteiger partial charge in [0.1, 0.15) is 5.69 Å². The average Bonchev–Trinajstić information content (AvgIpc) is 3.16. The Morgan fingerprint density at radius 3 is 2.51 bits per heavy atom. The number of hydrogen-bond acceptors (Lipinski definition) is 5. The maximum Gasteiger partial charge on any atom is 0.268 e. The second kappa shape index (κ2) is 11.1. The van der Waals surface area contributed by atoms with Crippen molar-refractivity contribution in [2.45, 2.75) is 69.0 Å². The zero-order valence-corrected chi connectivity index (χ0v) is 23.0. The predicted molar refractivity (Wildman–Crippen MR) is 150 cm³/mol. The highest BCUT2D eigenvalue weighted by molar-refractivity contribution is 7.98. The molecule has 37 heavy (non-hydrogen) atoms. The van der Waals surface area contributed by atoms with Crippen LogP contribution >= 0.6 is 11.8 Å². The minimum absolute atomic E-state index is 0.148. The van der Waals surface area contributed by atoms with E-state index in [1.165, 1.54) is 43.1 Å². The minimum atomic E-state index is -0.153. The summed E-state index contributed by atoms with van der Waals surface area (Å²) in [5.74, 6) is 0.770. The van der Waals surface area contributed by atoms with Gasteiger partial charge in [0.2, 0.25) is 0 Å². The molecule has 3 N–H and O–H groups in total. The molecule has 3 aromatic rings. The molecular formula is C29H38N4O3S. The number of aryl methyl sites for hydroxylation is 1. The molecule has 198 valence electrons. The highest BCUT2D eigenvalue weighted by atomic mass is 32.2. The number of amides is 1. The zero-order valence-electron chi connectivity index (χ0n) is 22.2. The van der Waals surface area contributed by atoms with E-state index >= 15 is 0 Å². The van der Waals surface area contributed by atoms with E-state index in [1.54, 1.807) is 0 Å². The summed E-state index contributed by atoms with van der Waals surface area (Å²) in [5.41, 5.74) is 3.15. The number of carbonyl (C=O) groups is 1. The first kappa shape index (κ1) is 26.1. The van der Waals surface area contributed by atoms with E-state index in [4.69, 9.17) is 4.74 Å². The van der Waals surface area contributed by atoms with Gasteiger partial charge >= 0.3 is 0 Å². The van der Waals surface area contributed by atoms with Crippen LogP contribution in [0.1, 0.15) is 66.0 Å². The summed E-state index contributed by atoms with van der Waals surface area (Å²) in [6.07, 6.45) is 6.68. The van der Waals surface area contributed by atoms with Crippen LogP contribution in [0.4, 0.5) is 0 Å². The number of thioether (sulfide) groups is 1. The van der Waals surface area contributed by atoms with Gasteiger partial charge in [-0.3, -0.25) is 9.59 Å². The summed E-state index contributed by atoms with van der Waals surface area (Å²) in [6, 6.07) is 11.3. The van der Waals surface area contributed by atoms with Crippen molar-refractivity contribution < 1.29 is 9.53 Å². The molecule has 0 radical (unpaired) electrons. The molecular weight excluding hydrogens is 484 g/mol. The number of nitrogens with one attached hydrogen (secondary N) is 3. The third-order valence-corrected chi connectivity index (χ3v) is 9.07. The fourth-order valence-electron chi connectivity index (χ4n) is 6.18. The molecule has 0 bridgehead atoms. The SMILES string of the molecule is CSc1cc(C)[nH]c(=O)c1CNC(=O)c1c2ccccc2c([C@H](C)C2CCC(NC3COC3)CC2)n1C. The molecule has 0 unspecified atom stereocenters. The molecule has 2 aromatic heterocycles. The maximum atomic E-state index is 13.6. The highest BCUT2D eigenvalue weighted by Gasteiger charge is 2.32. The summed E-state index contributed by atoms with van der Waals surface area (Å²) in [4.78, 5) is 29.9. The number of nitrogens with zero attached hydrogens (tertiary/aromatic N) is 1. The Labute approximate surface area is 222 Å². The number of benzene rings is 1. The molecule has 7 nitrogen and oxygen atoms in total. The van der Waals surface area contributed by atoms with Gasteiger partial charge in [0, 0.05) is 52.3 Å². The Bertz CT molecular complexity index is 1330. The second-order valence-corrected chi connectivity index (χ2v) is 11.5. The van der Waals surface area contributed by atoms with E-state index in [-0.39, 0.29) is 18.0 Å². The Balaban J connectivity index is 1.36. The van der Waals surface area contributed by atoms with Crippen molar-refractivity contribution >= 4 is 28.4 Å². The van der Waals surface area contributed by atoms with Crippen LogP contribution in [-0.4, -0.2) is 47.0 Å². The fourth-order valence-corrected chi connectivity index (χ4v) is 6.89. The zero-order chi connectivity index (χ0) is 26.1. The van der Waals surface area contributed by atoms with Gasteiger partial charge < -0.3 is 24.9 Å². The Morgan fingerprint density at radius 2 is 1.86 bits per heavy atom. The molecule has 1 aliphatic heterocycles. The quantitative estimate of drug-likeness (QED) is 0.380. The first-order valence-electron chi connectivity index (χ1n) is 13.3. The van der Waals surface area contributed by atoms with Crippen molar-refractivity contribution in [3.05, 3.63) is 63.3 Å². The normalized spacial score (nSPS) is 21.1. The van der Waals surface area contributed by atoms with Crippen LogP contribution < -0.4 is 16.2 Å². The summed E-state index contributed by atoms with van der Waals surface area (Å²) in [6.45, 7) is 6.06. The molecule has 2 aliphatic rings. The lowest BCUT2D eigenvalue weighted by molar-refractivity contribution is -0.0128. The summed E-state index contributed by atoms with van der Waals surface area (Å²) in [5, 5.41) is 8.90. The number of ether oxygens (including phenoxy) is 1. The van der Waals surface area contributed by atoms with E-state index in [9.17, 15) is 9.59 Å². The molecule has 8 heteroatoms. The van der Waals surface area contributed by atoms with Gasteiger partial charge in [-0.2, -0.15) is 0 Å². The van der Waals surface area contributed by atoms with E-state index in [1.807, 2.05) is 38.4 Å².